The van der Waals surface area contributed by atoms with Gasteiger partial charge in [-0.15, -0.1) is 0 Å². The molecule has 2 rings (SSSR count). The second-order valence-corrected chi connectivity index (χ2v) is 4.08. The summed E-state index contributed by atoms with van der Waals surface area (Å²) in [6.45, 7) is 0.335. The number of unbranched alkanes of at least 4 members (excludes halogenated alkanes) is 1. The first-order chi connectivity index (χ1) is 9.24. The van der Waals surface area contributed by atoms with Crippen LogP contribution in [0.25, 0.3) is 10.8 Å². The lowest BCUT2D eigenvalue weighted by Gasteiger charge is -2.11. The number of aromatic carboxylic acids is 1. The van der Waals surface area contributed by atoms with Crippen molar-refractivity contribution in [2.45, 2.75) is 12.8 Å². The van der Waals surface area contributed by atoms with Gasteiger partial charge in [0.15, 0.2) is 0 Å². The monoisotopic (exact) mass is 255 g/mol. The Morgan fingerprint density at radius 1 is 1.26 bits per heavy atom. The molecule has 0 aliphatic rings. The predicted molar refractivity (Wildman–Crippen MR) is 71.2 cm³/mol. The number of benzene rings is 2. The molecule has 19 heavy (non-hydrogen) atoms. The molecule has 4 heteroatoms. The summed E-state index contributed by atoms with van der Waals surface area (Å²) in [7, 11) is 0. The highest BCUT2D eigenvalue weighted by atomic mass is 16.5. The van der Waals surface area contributed by atoms with Crippen molar-refractivity contribution in [3.63, 3.8) is 0 Å². The summed E-state index contributed by atoms with van der Waals surface area (Å²) in [6, 6.07) is 12.8. The highest BCUT2D eigenvalue weighted by Crippen LogP contribution is 2.30. The van der Waals surface area contributed by atoms with E-state index in [1.165, 1.54) is 0 Å². The van der Waals surface area contributed by atoms with E-state index in [1.807, 2.05) is 30.3 Å². The first-order valence-corrected chi connectivity index (χ1v) is 5.99. The van der Waals surface area contributed by atoms with Gasteiger partial charge in [-0.05, 0) is 17.9 Å². The second-order valence-electron chi connectivity index (χ2n) is 4.08. The predicted octanol–water partition coefficient (Wildman–Crippen LogP) is 3.22. The van der Waals surface area contributed by atoms with Gasteiger partial charge < -0.3 is 9.84 Å². The summed E-state index contributed by atoms with van der Waals surface area (Å²) in [4.78, 5) is 11.2. The number of carboxylic acid groups (broad SMARTS) is 1. The Kier molecular flexibility index (Phi) is 3.99. The van der Waals surface area contributed by atoms with Crippen molar-refractivity contribution in [3.05, 3.63) is 42.0 Å². The van der Waals surface area contributed by atoms with Crippen LogP contribution in [0.2, 0.25) is 0 Å². The average molecular weight is 255 g/mol. The van der Waals surface area contributed by atoms with Crippen molar-refractivity contribution < 1.29 is 14.6 Å². The molecule has 0 unspecified atom stereocenters. The van der Waals surface area contributed by atoms with Crippen molar-refractivity contribution in [1.82, 2.24) is 0 Å². The molecular weight excluding hydrogens is 242 g/mol. The zero-order valence-electron chi connectivity index (χ0n) is 10.3. The molecule has 0 fully saturated rings. The fraction of sp³-hybridized carbons (Fsp3) is 0.200. The minimum absolute atomic E-state index is 0.149. The molecule has 0 aliphatic carbocycles. The number of nitriles is 1. The van der Waals surface area contributed by atoms with Gasteiger partial charge in [0.1, 0.15) is 11.3 Å². The fourth-order valence-electron chi connectivity index (χ4n) is 1.89. The van der Waals surface area contributed by atoms with Crippen LogP contribution in [0.4, 0.5) is 0 Å². The molecule has 0 saturated heterocycles. The number of fused-ring (bicyclic) bond motifs is 1. The zero-order valence-corrected chi connectivity index (χ0v) is 10.3. The SMILES string of the molecule is N#CCCCOc1c(C(=O)O)ccc2ccccc12. The van der Waals surface area contributed by atoms with Crippen LogP contribution in [0.1, 0.15) is 23.2 Å². The van der Waals surface area contributed by atoms with Gasteiger partial charge in [-0.1, -0.05) is 30.3 Å². The van der Waals surface area contributed by atoms with E-state index in [9.17, 15) is 9.90 Å². The van der Waals surface area contributed by atoms with E-state index in [4.69, 9.17) is 10.00 Å². The number of rotatable bonds is 5. The minimum atomic E-state index is -1.01. The first-order valence-electron chi connectivity index (χ1n) is 5.99. The van der Waals surface area contributed by atoms with Crippen LogP contribution in [0.3, 0.4) is 0 Å². The van der Waals surface area contributed by atoms with E-state index >= 15 is 0 Å². The second kappa shape index (κ2) is 5.87. The van der Waals surface area contributed by atoms with Crippen LogP contribution < -0.4 is 4.74 Å². The quantitative estimate of drug-likeness (QED) is 0.833. The topological polar surface area (TPSA) is 70.3 Å². The van der Waals surface area contributed by atoms with Crippen molar-refractivity contribution in [2.75, 3.05) is 6.61 Å². The maximum atomic E-state index is 11.2. The van der Waals surface area contributed by atoms with E-state index in [2.05, 4.69) is 0 Å². The van der Waals surface area contributed by atoms with Gasteiger partial charge in [0.05, 0.1) is 12.7 Å². The fourth-order valence-corrected chi connectivity index (χ4v) is 1.89. The average Bonchev–Trinajstić information content (AvgIpc) is 2.43. The summed E-state index contributed by atoms with van der Waals surface area (Å²) < 4.78 is 5.58. The van der Waals surface area contributed by atoms with Crippen molar-refractivity contribution in [1.29, 1.82) is 5.26 Å². The molecule has 0 aromatic heterocycles. The summed E-state index contributed by atoms with van der Waals surface area (Å²) in [5.74, 6) is -0.635. The molecule has 2 aromatic rings. The maximum absolute atomic E-state index is 11.2. The molecule has 0 aliphatic heterocycles. The van der Waals surface area contributed by atoms with Gasteiger partial charge in [0.2, 0.25) is 0 Å². The summed E-state index contributed by atoms with van der Waals surface area (Å²) in [5.41, 5.74) is 0.149. The third-order valence-corrected chi connectivity index (χ3v) is 2.79. The number of carboxylic acids is 1. The van der Waals surface area contributed by atoms with Gasteiger partial charge in [-0.2, -0.15) is 5.26 Å². The maximum Gasteiger partial charge on any atom is 0.339 e. The third kappa shape index (κ3) is 2.83. The van der Waals surface area contributed by atoms with Gasteiger partial charge in [-0.25, -0.2) is 4.79 Å². The summed E-state index contributed by atoms with van der Waals surface area (Å²) in [6.07, 6.45) is 0.978. The molecule has 0 atom stereocenters. The zero-order chi connectivity index (χ0) is 13.7. The van der Waals surface area contributed by atoms with Crippen LogP contribution in [-0.4, -0.2) is 17.7 Å². The Labute approximate surface area is 110 Å². The molecule has 96 valence electrons. The largest absolute Gasteiger partial charge is 0.492 e. The van der Waals surface area contributed by atoms with E-state index in [-0.39, 0.29) is 5.56 Å². The lowest BCUT2D eigenvalue weighted by atomic mass is 10.1. The first kappa shape index (κ1) is 12.9. The normalized spacial score (nSPS) is 10.1. The molecule has 0 bridgehead atoms. The van der Waals surface area contributed by atoms with Gasteiger partial charge in [0.25, 0.3) is 0 Å². The Bertz CT molecular complexity index is 643. The van der Waals surface area contributed by atoms with Crippen molar-refractivity contribution in [2.24, 2.45) is 0 Å². The summed E-state index contributed by atoms with van der Waals surface area (Å²) >= 11 is 0. The van der Waals surface area contributed by atoms with E-state index in [0.29, 0.717) is 25.2 Å². The number of hydrogen-bond acceptors (Lipinski definition) is 3. The molecule has 4 nitrogen and oxygen atoms in total. The highest BCUT2D eigenvalue weighted by molar-refractivity contribution is 6.00. The molecule has 0 amide bonds. The number of nitrogens with zero attached hydrogens (tertiary/aromatic N) is 1. The molecule has 0 radical (unpaired) electrons. The Morgan fingerprint density at radius 3 is 2.79 bits per heavy atom. The van der Waals surface area contributed by atoms with Crippen molar-refractivity contribution >= 4 is 16.7 Å². The number of carbonyl (C=O) groups is 1. The standard InChI is InChI=1S/C15H13NO3/c16-9-3-4-10-19-14-12-6-2-1-5-11(12)7-8-13(14)15(17)18/h1-2,5-8H,3-4,10H2,(H,17,18). The molecule has 0 heterocycles. The van der Waals surface area contributed by atoms with Crippen LogP contribution in [0, 0.1) is 11.3 Å². The Hall–Kier alpha value is -2.54. The molecule has 2 aromatic carbocycles. The van der Waals surface area contributed by atoms with Gasteiger partial charge >= 0.3 is 5.97 Å². The van der Waals surface area contributed by atoms with E-state index in [0.717, 1.165) is 10.8 Å². The smallest absolute Gasteiger partial charge is 0.339 e. The Morgan fingerprint density at radius 2 is 2.05 bits per heavy atom. The molecule has 1 N–H and O–H groups in total. The minimum Gasteiger partial charge on any atom is -0.492 e. The number of ether oxygens (including phenoxy) is 1. The summed E-state index contributed by atoms with van der Waals surface area (Å²) in [5, 5.41) is 19.4. The number of hydrogen-bond donors (Lipinski definition) is 1. The molecule has 0 spiro atoms. The van der Waals surface area contributed by atoms with Crippen LogP contribution in [0.15, 0.2) is 36.4 Å². The lowest BCUT2D eigenvalue weighted by molar-refractivity contribution is 0.0692. The molecular formula is C15H13NO3. The van der Waals surface area contributed by atoms with Crippen LogP contribution >= 0.6 is 0 Å². The lowest BCUT2D eigenvalue weighted by Crippen LogP contribution is -2.05. The Balaban J connectivity index is 2.39. The van der Waals surface area contributed by atoms with Crippen LogP contribution in [-0.2, 0) is 0 Å². The molecule has 0 saturated carbocycles. The third-order valence-electron chi connectivity index (χ3n) is 2.79. The van der Waals surface area contributed by atoms with E-state index in [1.54, 1.807) is 12.1 Å². The van der Waals surface area contributed by atoms with E-state index < -0.39 is 5.97 Å². The van der Waals surface area contributed by atoms with Crippen LogP contribution in [0.5, 0.6) is 5.75 Å². The van der Waals surface area contributed by atoms with Gasteiger partial charge in [-0.3, -0.25) is 0 Å². The van der Waals surface area contributed by atoms with Crippen molar-refractivity contribution in [3.8, 4) is 11.8 Å². The highest BCUT2D eigenvalue weighted by Gasteiger charge is 2.14. The van der Waals surface area contributed by atoms with Gasteiger partial charge in [0, 0.05) is 11.8 Å².